The van der Waals surface area contributed by atoms with Crippen LogP contribution in [0.4, 0.5) is 17.2 Å². The number of aryl methyl sites for hydroxylation is 1. The topological polar surface area (TPSA) is 67.3 Å². The third kappa shape index (κ3) is 3.41. The van der Waals surface area contributed by atoms with E-state index in [0.717, 1.165) is 23.5 Å². The third-order valence-corrected chi connectivity index (χ3v) is 4.83. The number of aromatic nitrogens is 2. The van der Waals surface area contributed by atoms with Crippen molar-refractivity contribution < 1.29 is 9.53 Å². The molecule has 1 unspecified atom stereocenters. The molecule has 0 fully saturated rings. The lowest BCUT2D eigenvalue weighted by Crippen LogP contribution is -2.36. The minimum atomic E-state index is -0.114. The smallest absolute Gasteiger partial charge is 0.277 e. The molecule has 4 rings (SSSR count). The van der Waals surface area contributed by atoms with Crippen molar-refractivity contribution in [3.8, 4) is 5.75 Å². The Balaban J connectivity index is 1.64. The minimum absolute atomic E-state index is 0.0926. The molecule has 1 aliphatic heterocycles. The lowest BCUT2D eigenvalue weighted by Gasteiger charge is -2.22. The van der Waals surface area contributed by atoms with Crippen molar-refractivity contribution in [1.29, 1.82) is 0 Å². The molecule has 142 valence electrons. The first kappa shape index (κ1) is 18.0. The number of methoxy groups -OCH3 is 1. The molecule has 0 bridgehead atoms. The summed E-state index contributed by atoms with van der Waals surface area (Å²) in [6.07, 6.45) is 0.848. The second-order valence-electron chi connectivity index (χ2n) is 6.90. The highest BCUT2D eigenvalue weighted by Gasteiger charge is 2.32. The summed E-state index contributed by atoms with van der Waals surface area (Å²) < 4.78 is 5.26. The highest BCUT2D eigenvalue weighted by molar-refractivity contribution is 6.07. The Morgan fingerprint density at radius 2 is 1.96 bits per heavy atom. The van der Waals surface area contributed by atoms with Gasteiger partial charge in [-0.3, -0.25) is 4.79 Å². The summed E-state index contributed by atoms with van der Waals surface area (Å²) in [5, 5.41) is 3.23. The van der Waals surface area contributed by atoms with Crippen molar-refractivity contribution in [1.82, 2.24) is 9.97 Å². The van der Waals surface area contributed by atoms with Crippen LogP contribution in [-0.4, -0.2) is 29.0 Å². The van der Waals surface area contributed by atoms with Crippen LogP contribution in [0.3, 0.4) is 0 Å². The summed E-state index contributed by atoms with van der Waals surface area (Å²) in [6.45, 7) is 3.84. The normalized spacial score (nSPS) is 15.2. The van der Waals surface area contributed by atoms with Gasteiger partial charge in [-0.1, -0.05) is 24.3 Å². The number of rotatable bonds is 4. The molecular weight excluding hydrogens is 352 g/mol. The molecule has 0 saturated heterocycles. The molecule has 0 spiro atoms. The Bertz CT molecular complexity index is 1030. The molecule has 1 atom stereocenters. The Kier molecular flexibility index (Phi) is 4.69. The Morgan fingerprint density at radius 3 is 2.79 bits per heavy atom. The lowest BCUT2D eigenvalue weighted by molar-refractivity contribution is 0.0976. The first-order chi connectivity index (χ1) is 13.5. The number of fused-ring (bicyclic) bond motifs is 1. The van der Waals surface area contributed by atoms with Crippen LogP contribution in [-0.2, 0) is 6.42 Å². The Hall–Kier alpha value is -3.41. The van der Waals surface area contributed by atoms with E-state index in [1.807, 2.05) is 47.4 Å². The zero-order valence-electron chi connectivity index (χ0n) is 16.1. The molecule has 6 heteroatoms. The molecule has 6 nitrogen and oxygen atoms in total. The summed E-state index contributed by atoms with van der Waals surface area (Å²) >= 11 is 0. The van der Waals surface area contributed by atoms with Gasteiger partial charge in [0.25, 0.3) is 5.91 Å². The summed E-state index contributed by atoms with van der Waals surface area (Å²) in [4.78, 5) is 23.9. The summed E-state index contributed by atoms with van der Waals surface area (Å²) in [5.41, 5.74) is 3.35. The highest BCUT2D eigenvalue weighted by atomic mass is 16.5. The van der Waals surface area contributed by atoms with Gasteiger partial charge in [-0.05, 0) is 44.0 Å². The van der Waals surface area contributed by atoms with Crippen molar-refractivity contribution in [2.75, 3.05) is 17.3 Å². The average Bonchev–Trinajstić information content (AvgIpc) is 3.02. The van der Waals surface area contributed by atoms with Gasteiger partial charge in [0.05, 0.1) is 7.11 Å². The van der Waals surface area contributed by atoms with E-state index in [4.69, 9.17) is 4.74 Å². The number of carbonyl (C=O) groups excluding carboxylic acids is 1. The summed E-state index contributed by atoms with van der Waals surface area (Å²) in [5.74, 6) is 1.74. The molecule has 3 aromatic rings. The van der Waals surface area contributed by atoms with Gasteiger partial charge in [0.1, 0.15) is 23.1 Å². The molecule has 2 aromatic carbocycles. The zero-order chi connectivity index (χ0) is 19.7. The molecule has 1 amide bonds. The van der Waals surface area contributed by atoms with Crippen molar-refractivity contribution in [2.45, 2.75) is 26.3 Å². The monoisotopic (exact) mass is 374 g/mol. The van der Waals surface area contributed by atoms with Crippen LogP contribution < -0.4 is 15.0 Å². The zero-order valence-corrected chi connectivity index (χ0v) is 16.1. The molecular formula is C22H22N4O2. The number of hydrogen-bond donors (Lipinski definition) is 1. The largest absolute Gasteiger partial charge is 0.497 e. The maximum atomic E-state index is 13.3. The maximum Gasteiger partial charge on any atom is 0.277 e. The molecule has 1 aromatic heterocycles. The Morgan fingerprint density at radius 1 is 1.14 bits per heavy atom. The van der Waals surface area contributed by atoms with Crippen LogP contribution in [0.15, 0.2) is 54.6 Å². The van der Waals surface area contributed by atoms with Crippen molar-refractivity contribution in [3.63, 3.8) is 0 Å². The van der Waals surface area contributed by atoms with E-state index in [9.17, 15) is 4.79 Å². The van der Waals surface area contributed by atoms with Gasteiger partial charge in [-0.2, -0.15) is 0 Å². The highest BCUT2D eigenvalue weighted by Crippen LogP contribution is 2.33. The lowest BCUT2D eigenvalue weighted by atomic mass is 10.1. The summed E-state index contributed by atoms with van der Waals surface area (Å²) in [6, 6.07) is 17.4. The van der Waals surface area contributed by atoms with Gasteiger partial charge < -0.3 is 15.0 Å². The standard InChI is InChI=1S/C22H22N4O2/c1-14-11-16-7-4-5-10-20(16)26(14)22(27)19-13-21(24-15(2)23-19)25-17-8-6-9-18(12-17)28-3/h4-10,12-14H,11H2,1-3H3,(H,23,24,25). The number of nitrogens with zero attached hydrogens (tertiary/aromatic N) is 3. The van der Waals surface area contributed by atoms with Gasteiger partial charge in [0.15, 0.2) is 0 Å². The molecule has 0 aliphatic carbocycles. The minimum Gasteiger partial charge on any atom is -0.497 e. The number of amides is 1. The van der Waals surface area contributed by atoms with Gasteiger partial charge in [0, 0.05) is 29.5 Å². The fourth-order valence-corrected chi connectivity index (χ4v) is 3.59. The molecule has 28 heavy (non-hydrogen) atoms. The van der Waals surface area contributed by atoms with Gasteiger partial charge in [0.2, 0.25) is 0 Å². The van der Waals surface area contributed by atoms with E-state index in [2.05, 4.69) is 28.3 Å². The van der Waals surface area contributed by atoms with Crippen LogP contribution in [0.2, 0.25) is 0 Å². The number of benzene rings is 2. The SMILES string of the molecule is COc1cccc(Nc2cc(C(=O)N3c4ccccc4CC3C)nc(C)n2)c1. The first-order valence-corrected chi connectivity index (χ1v) is 9.23. The van der Waals surface area contributed by atoms with Crippen molar-refractivity contribution in [2.24, 2.45) is 0 Å². The average molecular weight is 374 g/mol. The number of para-hydroxylation sites is 1. The van der Waals surface area contributed by atoms with E-state index in [0.29, 0.717) is 17.3 Å². The number of carbonyl (C=O) groups is 1. The maximum absolute atomic E-state index is 13.3. The predicted octanol–water partition coefficient (Wildman–Crippen LogP) is 4.13. The quantitative estimate of drug-likeness (QED) is 0.744. The first-order valence-electron chi connectivity index (χ1n) is 9.23. The van der Waals surface area contributed by atoms with Crippen LogP contribution in [0.1, 0.15) is 28.8 Å². The fourth-order valence-electron chi connectivity index (χ4n) is 3.59. The fraction of sp³-hybridized carbons (Fsp3) is 0.227. The Labute approximate surface area is 164 Å². The van der Waals surface area contributed by atoms with E-state index >= 15 is 0 Å². The number of hydrogen-bond acceptors (Lipinski definition) is 5. The predicted molar refractivity (Wildman–Crippen MR) is 109 cm³/mol. The van der Waals surface area contributed by atoms with Crippen LogP contribution in [0, 0.1) is 6.92 Å². The van der Waals surface area contributed by atoms with Crippen LogP contribution >= 0.6 is 0 Å². The van der Waals surface area contributed by atoms with Gasteiger partial charge in [-0.25, -0.2) is 9.97 Å². The number of ether oxygens (including phenoxy) is 1. The second-order valence-corrected chi connectivity index (χ2v) is 6.90. The van der Waals surface area contributed by atoms with E-state index < -0.39 is 0 Å². The molecule has 0 saturated carbocycles. The second kappa shape index (κ2) is 7.31. The van der Waals surface area contributed by atoms with Gasteiger partial charge >= 0.3 is 0 Å². The molecule has 1 N–H and O–H groups in total. The third-order valence-electron chi connectivity index (χ3n) is 4.83. The summed E-state index contributed by atoms with van der Waals surface area (Å²) in [7, 11) is 1.62. The molecule has 2 heterocycles. The van der Waals surface area contributed by atoms with Crippen molar-refractivity contribution in [3.05, 3.63) is 71.7 Å². The number of anilines is 3. The van der Waals surface area contributed by atoms with Crippen LogP contribution in [0.5, 0.6) is 5.75 Å². The van der Waals surface area contributed by atoms with Crippen molar-refractivity contribution >= 4 is 23.1 Å². The van der Waals surface area contributed by atoms with E-state index in [1.54, 1.807) is 20.1 Å². The van der Waals surface area contributed by atoms with Crippen LogP contribution in [0.25, 0.3) is 0 Å². The number of nitrogens with one attached hydrogen (secondary N) is 1. The van der Waals surface area contributed by atoms with E-state index in [-0.39, 0.29) is 11.9 Å². The molecule has 1 aliphatic rings. The van der Waals surface area contributed by atoms with E-state index in [1.165, 1.54) is 5.56 Å². The van der Waals surface area contributed by atoms with Gasteiger partial charge in [-0.15, -0.1) is 0 Å². The molecule has 0 radical (unpaired) electrons.